The van der Waals surface area contributed by atoms with E-state index in [0.717, 1.165) is 0 Å². The number of anilines is 1. The zero-order valence-corrected chi connectivity index (χ0v) is 7.86. The van der Waals surface area contributed by atoms with Gasteiger partial charge in [0, 0.05) is 5.69 Å². The average molecular weight is 189 g/mol. The molecule has 1 rings (SSSR count). The van der Waals surface area contributed by atoms with E-state index in [-0.39, 0.29) is 0 Å². The van der Waals surface area contributed by atoms with Crippen molar-refractivity contribution in [1.29, 1.82) is 0 Å². The molecule has 0 aromatic heterocycles. The minimum Gasteiger partial charge on any atom is -0.433 e. The molecule has 0 aliphatic carbocycles. The summed E-state index contributed by atoms with van der Waals surface area (Å²) in [5.74, 6) is 2.30. The Bertz CT molecular complexity index is 340. The van der Waals surface area contributed by atoms with E-state index in [4.69, 9.17) is 11.2 Å². The van der Waals surface area contributed by atoms with Crippen LogP contribution < -0.4 is 5.32 Å². The number of carbonyl (C=O) groups excluding carboxylic acids is 1. The summed E-state index contributed by atoms with van der Waals surface area (Å²) in [7, 11) is 0. The first-order valence-electron chi connectivity index (χ1n) is 4.21. The summed E-state index contributed by atoms with van der Waals surface area (Å²) in [5.41, 5.74) is 0.682. The third kappa shape index (κ3) is 3.20. The van der Waals surface area contributed by atoms with E-state index in [0.29, 0.717) is 5.69 Å². The Kier molecular flexibility index (Phi) is 3.57. The molecule has 1 N–H and O–H groups in total. The minimum atomic E-state index is -0.540. The van der Waals surface area contributed by atoms with E-state index in [9.17, 15) is 4.79 Å². The van der Waals surface area contributed by atoms with Crippen LogP contribution in [0.25, 0.3) is 0 Å². The van der Waals surface area contributed by atoms with Gasteiger partial charge in [0.15, 0.2) is 6.10 Å². The first-order valence-corrected chi connectivity index (χ1v) is 4.21. The van der Waals surface area contributed by atoms with Crippen LogP contribution in [0.15, 0.2) is 30.3 Å². The number of para-hydroxylation sites is 1. The first kappa shape index (κ1) is 10.1. The number of hydrogen-bond donors (Lipinski definition) is 1. The minimum absolute atomic E-state index is 0.515. The zero-order chi connectivity index (χ0) is 10.4. The summed E-state index contributed by atoms with van der Waals surface area (Å²) in [6.45, 7) is 1.63. The highest BCUT2D eigenvalue weighted by Crippen LogP contribution is 2.05. The molecule has 0 heterocycles. The van der Waals surface area contributed by atoms with Gasteiger partial charge in [0.2, 0.25) is 0 Å². The average Bonchev–Trinajstić information content (AvgIpc) is 2.19. The van der Waals surface area contributed by atoms with Gasteiger partial charge in [0.05, 0.1) is 0 Å². The second-order valence-electron chi connectivity index (χ2n) is 2.71. The number of terminal acetylenes is 1. The molecule has 3 nitrogen and oxygen atoms in total. The Balaban J connectivity index is 2.47. The quantitative estimate of drug-likeness (QED) is 0.724. The van der Waals surface area contributed by atoms with Crippen LogP contribution in [0.5, 0.6) is 0 Å². The molecule has 0 spiro atoms. The summed E-state index contributed by atoms with van der Waals surface area (Å²) in [5, 5.41) is 2.55. The molecule has 1 atom stereocenters. The Labute approximate surface area is 83.1 Å². The third-order valence-corrected chi connectivity index (χ3v) is 1.54. The highest BCUT2D eigenvalue weighted by Gasteiger charge is 2.05. The molecule has 72 valence electrons. The van der Waals surface area contributed by atoms with Crippen molar-refractivity contribution < 1.29 is 9.53 Å². The standard InChI is InChI=1S/C11H11NO2/c1-3-9(2)14-11(13)12-10-7-5-4-6-8-10/h1,4-9H,2H3,(H,12,13)/t9-/m1/s1. The maximum Gasteiger partial charge on any atom is 0.412 e. The van der Waals surface area contributed by atoms with E-state index in [2.05, 4.69) is 11.2 Å². The van der Waals surface area contributed by atoms with Crippen LogP contribution in [0.1, 0.15) is 6.92 Å². The number of rotatable bonds is 2. The van der Waals surface area contributed by atoms with Crippen molar-refractivity contribution in [3.05, 3.63) is 30.3 Å². The van der Waals surface area contributed by atoms with Crippen molar-refractivity contribution in [2.24, 2.45) is 0 Å². The van der Waals surface area contributed by atoms with Crippen LogP contribution in [-0.4, -0.2) is 12.2 Å². The molecule has 0 aliphatic rings. The van der Waals surface area contributed by atoms with E-state index in [1.54, 1.807) is 19.1 Å². The number of carbonyl (C=O) groups is 1. The fourth-order valence-electron chi connectivity index (χ4n) is 0.863. The molecule has 0 fully saturated rings. The fraction of sp³-hybridized carbons (Fsp3) is 0.182. The number of nitrogens with one attached hydrogen (secondary N) is 1. The Morgan fingerprint density at radius 3 is 2.71 bits per heavy atom. The maximum absolute atomic E-state index is 11.2. The SMILES string of the molecule is C#C[C@@H](C)OC(=O)Nc1ccccc1. The van der Waals surface area contributed by atoms with Gasteiger partial charge in [-0.3, -0.25) is 5.32 Å². The second-order valence-corrected chi connectivity index (χ2v) is 2.71. The van der Waals surface area contributed by atoms with Gasteiger partial charge in [0.25, 0.3) is 0 Å². The summed E-state index contributed by atoms with van der Waals surface area (Å²) >= 11 is 0. The van der Waals surface area contributed by atoms with Crippen molar-refractivity contribution in [2.75, 3.05) is 5.32 Å². The molecule has 0 saturated heterocycles. The maximum atomic E-state index is 11.2. The van der Waals surface area contributed by atoms with E-state index in [1.165, 1.54) is 0 Å². The summed E-state index contributed by atoms with van der Waals surface area (Å²) < 4.78 is 4.82. The predicted molar refractivity (Wildman–Crippen MR) is 54.8 cm³/mol. The second kappa shape index (κ2) is 4.93. The third-order valence-electron chi connectivity index (χ3n) is 1.54. The highest BCUT2D eigenvalue weighted by atomic mass is 16.6. The van der Waals surface area contributed by atoms with E-state index in [1.807, 2.05) is 18.2 Å². The molecule has 0 aliphatic heterocycles. The molecule has 1 aromatic carbocycles. The van der Waals surface area contributed by atoms with Gasteiger partial charge >= 0.3 is 6.09 Å². The summed E-state index contributed by atoms with van der Waals surface area (Å²) in [6, 6.07) is 9.03. The lowest BCUT2D eigenvalue weighted by Crippen LogP contribution is -2.18. The monoisotopic (exact) mass is 189 g/mol. The zero-order valence-electron chi connectivity index (χ0n) is 7.86. The molecule has 0 saturated carbocycles. The smallest absolute Gasteiger partial charge is 0.412 e. The molecular weight excluding hydrogens is 178 g/mol. The van der Waals surface area contributed by atoms with Crippen LogP contribution in [-0.2, 0) is 4.74 Å². The van der Waals surface area contributed by atoms with E-state index >= 15 is 0 Å². The number of hydrogen-bond acceptors (Lipinski definition) is 2. The van der Waals surface area contributed by atoms with Gasteiger partial charge < -0.3 is 4.74 Å². The van der Waals surface area contributed by atoms with Crippen molar-refractivity contribution in [3.8, 4) is 12.3 Å². The molecule has 0 bridgehead atoms. The van der Waals surface area contributed by atoms with Crippen LogP contribution in [0.2, 0.25) is 0 Å². The molecule has 3 heteroatoms. The van der Waals surface area contributed by atoms with Gasteiger partial charge in [-0.05, 0) is 19.1 Å². The number of ether oxygens (including phenoxy) is 1. The van der Waals surface area contributed by atoms with Crippen LogP contribution in [0.4, 0.5) is 10.5 Å². The van der Waals surface area contributed by atoms with Crippen molar-refractivity contribution in [1.82, 2.24) is 0 Å². The van der Waals surface area contributed by atoms with Gasteiger partial charge in [0.1, 0.15) is 0 Å². The normalized spacial score (nSPS) is 11.1. The predicted octanol–water partition coefficient (Wildman–Crippen LogP) is 2.26. The Morgan fingerprint density at radius 2 is 2.14 bits per heavy atom. The summed E-state index contributed by atoms with van der Waals surface area (Å²) in [6.07, 6.45) is 4.00. The first-order chi connectivity index (χ1) is 6.72. The Hall–Kier alpha value is -1.95. The highest BCUT2D eigenvalue weighted by molar-refractivity contribution is 5.84. The van der Waals surface area contributed by atoms with Crippen molar-refractivity contribution in [3.63, 3.8) is 0 Å². The van der Waals surface area contributed by atoms with Crippen LogP contribution >= 0.6 is 0 Å². The number of amides is 1. The fourth-order valence-corrected chi connectivity index (χ4v) is 0.863. The van der Waals surface area contributed by atoms with Gasteiger partial charge in [-0.25, -0.2) is 4.79 Å². The van der Waals surface area contributed by atoms with Crippen molar-refractivity contribution >= 4 is 11.8 Å². The molecule has 1 amide bonds. The largest absolute Gasteiger partial charge is 0.433 e. The van der Waals surface area contributed by atoms with Gasteiger partial charge in [-0.1, -0.05) is 24.1 Å². The molecule has 14 heavy (non-hydrogen) atoms. The Morgan fingerprint density at radius 1 is 1.50 bits per heavy atom. The molecule has 1 aromatic rings. The van der Waals surface area contributed by atoms with Gasteiger partial charge in [-0.2, -0.15) is 0 Å². The van der Waals surface area contributed by atoms with Crippen LogP contribution in [0.3, 0.4) is 0 Å². The van der Waals surface area contributed by atoms with Crippen LogP contribution in [0, 0.1) is 12.3 Å². The lowest BCUT2D eigenvalue weighted by Gasteiger charge is -2.08. The summed E-state index contributed by atoms with van der Waals surface area (Å²) in [4.78, 5) is 11.2. The number of benzene rings is 1. The van der Waals surface area contributed by atoms with Crippen molar-refractivity contribution in [2.45, 2.75) is 13.0 Å². The molecule has 0 unspecified atom stereocenters. The lowest BCUT2D eigenvalue weighted by atomic mass is 10.3. The topological polar surface area (TPSA) is 38.3 Å². The molecular formula is C11H11NO2. The lowest BCUT2D eigenvalue weighted by molar-refractivity contribution is 0.145. The van der Waals surface area contributed by atoms with E-state index < -0.39 is 12.2 Å². The van der Waals surface area contributed by atoms with Gasteiger partial charge in [-0.15, -0.1) is 6.42 Å². The molecule has 0 radical (unpaired) electrons.